The topological polar surface area (TPSA) is 27.7 Å². The lowest BCUT2D eigenvalue weighted by Gasteiger charge is -2.43. The molecule has 0 radical (unpaired) electrons. The third-order valence-electron chi connectivity index (χ3n) is 6.74. The minimum atomic E-state index is -2.49. The Morgan fingerprint density at radius 3 is 2.20 bits per heavy atom. The number of allylic oxidation sites excluding steroid dienone is 2. The molecule has 0 spiro atoms. The highest BCUT2D eigenvalue weighted by Crippen LogP contribution is 2.37. The Kier molecular flexibility index (Phi) is 10.5. The molecule has 0 amide bonds. The molecule has 35 heavy (non-hydrogen) atoms. The summed E-state index contributed by atoms with van der Waals surface area (Å²) in [6, 6.07) is 21.7. The van der Waals surface area contributed by atoms with E-state index in [2.05, 4.69) is 114 Å². The first-order valence-electron chi connectivity index (χ1n) is 13.1. The Morgan fingerprint density at radius 2 is 1.66 bits per heavy atom. The van der Waals surface area contributed by atoms with Gasteiger partial charge in [0.2, 0.25) is 0 Å². The third-order valence-corrected chi connectivity index (χ3v) is 11.7. The Labute approximate surface area is 214 Å². The van der Waals surface area contributed by atoms with E-state index in [0.717, 1.165) is 25.9 Å². The second-order valence-electron chi connectivity index (χ2n) is 10.8. The second-order valence-corrected chi connectivity index (χ2v) is 15.1. The van der Waals surface area contributed by atoms with Gasteiger partial charge in [-0.05, 0) is 53.9 Å². The van der Waals surface area contributed by atoms with E-state index in [-0.39, 0.29) is 11.3 Å². The van der Waals surface area contributed by atoms with Gasteiger partial charge in [-0.25, -0.2) is 0 Å². The summed E-state index contributed by atoms with van der Waals surface area (Å²) in [6.45, 7) is 13.6. The van der Waals surface area contributed by atoms with Crippen LogP contribution in [0.4, 0.5) is 0 Å². The monoisotopic (exact) mass is 492 g/mol. The predicted molar refractivity (Wildman–Crippen MR) is 150 cm³/mol. The van der Waals surface area contributed by atoms with Crippen LogP contribution < -0.4 is 10.4 Å². The highest BCUT2D eigenvalue weighted by atomic mass is 28.4. The molecule has 1 saturated heterocycles. The van der Waals surface area contributed by atoms with Crippen molar-refractivity contribution >= 4 is 18.7 Å². The largest absolute Gasteiger partial charge is 0.407 e. The first-order valence-corrected chi connectivity index (χ1v) is 15.1. The Hall–Kier alpha value is -1.98. The Morgan fingerprint density at radius 1 is 1.03 bits per heavy atom. The molecule has 3 nitrogen and oxygen atoms in total. The van der Waals surface area contributed by atoms with E-state index in [1.54, 1.807) is 0 Å². The standard InChI is InChI=1S/C31H44O3Si/c1-26(22-24-33-30-21-12-13-23-32-30)15-14-16-27(2)25-34-35(31(3,4)5,28-17-8-6-9-18-28)29-19-10-7-11-20-29/h6-11,14-20,27,30H,12-13,21-25H2,1-5H3/b16-14+,26-15-/t27-,30?/m0/s1. The van der Waals surface area contributed by atoms with Crippen molar-refractivity contribution in [3.63, 3.8) is 0 Å². The van der Waals surface area contributed by atoms with E-state index in [0.29, 0.717) is 19.1 Å². The van der Waals surface area contributed by atoms with Crippen molar-refractivity contribution in [2.75, 3.05) is 19.8 Å². The molecular weight excluding hydrogens is 448 g/mol. The molecule has 0 bridgehead atoms. The fraction of sp³-hybridized carbons (Fsp3) is 0.484. The number of hydrogen-bond donors (Lipinski definition) is 0. The molecule has 1 fully saturated rings. The van der Waals surface area contributed by atoms with Crippen molar-refractivity contribution in [1.82, 2.24) is 0 Å². The molecular formula is C31H44O3Si. The molecule has 0 N–H and O–H groups in total. The normalized spacial score (nSPS) is 18.7. The lowest BCUT2D eigenvalue weighted by Crippen LogP contribution is -2.66. The van der Waals surface area contributed by atoms with Crippen molar-refractivity contribution < 1.29 is 13.9 Å². The number of hydrogen-bond acceptors (Lipinski definition) is 3. The second kappa shape index (κ2) is 13.4. The summed E-state index contributed by atoms with van der Waals surface area (Å²) in [7, 11) is -2.49. The average molecular weight is 493 g/mol. The van der Waals surface area contributed by atoms with Crippen LogP contribution in [0.25, 0.3) is 0 Å². The van der Waals surface area contributed by atoms with Gasteiger partial charge in [-0.1, -0.05) is 112 Å². The zero-order valence-electron chi connectivity index (χ0n) is 22.3. The van der Waals surface area contributed by atoms with Crippen molar-refractivity contribution in [3.8, 4) is 0 Å². The minimum absolute atomic E-state index is 0.00230. The van der Waals surface area contributed by atoms with Gasteiger partial charge in [-0.15, -0.1) is 0 Å². The minimum Gasteiger partial charge on any atom is -0.407 e. The summed E-state index contributed by atoms with van der Waals surface area (Å²) in [5.41, 5.74) is 1.32. The zero-order chi connectivity index (χ0) is 25.2. The van der Waals surface area contributed by atoms with Crippen molar-refractivity contribution in [2.24, 2.45) is 5.92 Å². The maximum Gasteiger partial charge on any atom is 0.261 e. The fourth-order valence-electron chi connectivity index (χ4n) is 4.76. The van der Waals surface area contributed by atoms with Gasteiger partial charge in [-0.3, -0.25) is 0 Å². The van der Waals surface area contributed by atoms with Gasteiger partial charge in [-0.2, -0.15) is 0 Å². The lowest BCUT2D eigenvalue weighted by atomic mass is 10.1. The Bertz CT molecular complexity index is 885. The maximum absolute atomic E-state index is 7.05. The molecule has 2 aromatic carbocycles. The molecule has 190 valence electrons. The highest BCUT2D eigenvalue weighted by molar-refractivity contribution is 6.99. The summed E-state index contributed by atoms with van der Waals surface area (Å²) < 4.78 is 18.6. The first kappa shape index (κ1) is 27.6. The molecule has 0 aromatic heterocycles. The molecule has 2 atom stereocenters. The molecule has 2 aromatic rings. The zero-order valence-corrected chi connectivity index (χ0v) is 23.3. The van der Waals surface area contributed by atoms with Crippen LogP contribution in [0.3, 0.4) is 0 Å². The summed E-state index contributed by atoms with van der Waals surface area (Å²) in [4.78, 5) is 0. The van der Waals surface area contributed by atoms with E-state index in [4.69, 9.17) is 13.9 Å². The van der Waals surface area contributed by atoms with Crippen LogP contribution in [0, 0.1) is 5.92 Å². The van der Waals surface area contributed by atoms with Crippen LogP contribution in [0.5, 0.6) is 0 Å². The van der Waals surface area contributed by atoms with Gasteiger partial charge in [0, 0.05) is 13.2 Å². The van der Waals surface area contributed by atoms with Gasteiger partial charge >= 0.3 is 0 Å². The molecule has 3 rings (SSSR count). The van der Waals surface area contributed by atoms with E-state index >= 15 is 0 Å². The first-order chi connectivity index (χ1) is 16.8. The van der Waals surface area contributed by atoms with Gasteiger partial charge < -0.3 is 13.9 Å². The van der Waals surface area contributed by atoms with E-state index < -0.39 is 8.32 Å². The molecule has 4 heteroatoms. The summed E-state index contributed by atoms with van der Waals surface area (Å²) in [6.07, 6.45) is 10.9. The molecule has 0 aliphatic carbocycles. The number of benzene rings is 2. The number of ether oxygens (including phenoxy) is 2. The number of rotatable bonds is 11. The molecule has 1 unspecified atom stereocenters. The highest BCUT2D eigenvalue weighted by Gasteiger charge is 2.50. The molecule has 0 saturated carbocycles. The summed E-state index contributed by atoms with van der Waals surface area (Å²) in [5, 5.41) is 2.65. The quantitative estimate of drug-likeness (QED) is 0.260. The van der Waals surface area contributed by atoms with E-state index in [1.165, 1.54) is 22.4 Å². The lowest BCUT2D eigenvalue weighted by molar-refractivity contribution is -0.161. The van der Waals surface area contributed by atoms with Crippen LogP contribution in [0.2, 0.25) is 5.04 Å². The summed E-state index contributed by atoms with van der Waals surface area (Å²) >= 11 is 0. The van der Waals surface area contributed by atoms with Crippen LogP contribution in [0.15, 0.2) is 84.5 Å². The third kappa shape index (κ3) is 7.75. The van der Waals surface area contributed by atoms with E-state index in [1.807, 2.05) is 0 Å². The van der Waals surface area contributed by atoms with Crippen LogP contribution in [-0.4, -0.2) is 34.4 Å². The van der Waals surface area contributed by atoms with Crippen molar-refractivity contribution in [2.45, 2.75) is 71.6 Å². The van der Waals surface area contributed by atoms with Gasteiger partial charge in [0.15, 0.2) is 6.29 Å². The SMILES string of the molecule is C/C(=C/C=C/[C@H](C)CO[Si](c1ccccc1)(c1ccccc1)C(C)(C)C)CCOC1CCCCO1. The van der Waals surface area contributed by atoms with Gasteiger partial charge in [0.25, 0.3) is 8.32 Å². The maximum atomic E-state index is 7.05. The fourth-order valence-corrected chi connectivity index (χ4v) is 9.43. The van der Waals surface area contributed by atoms with E-state index in [9.17, 15) is 0 Å². The molecule has 1 aliphatic heterocycles. The van der Waals surface area contributed by atoms with Crippen molar-refractivity contribution in [1.29, 1.82) is 0 Å². The van der Waals surface area contributed by atoms with Gasteiger partial charge in [0.05, 0.1) is 6.61 Å². The molecule has 1 aliphatic rings. The molecule has 1 heterocycles. The predicted octanol–water partition coefficient (Wildman–Crippen LogP) is 6.63. The van der Waals surface area contributed by atoms with Gasteiger partial charge in [0.1, 0.15) is 0 Å². The average Bonchev–Trinajstić information content (AvgIpc) is 2.85. The van der Waals surface area contributed by atoms with Crippen LogP contribution in [-0.2, 0) is 13.9 Å². The summed E-state index contributed by atoms with van der Waals surface area (Å²) in [5.74, 6) is 0.313. The Balaban J connectivity index is 1.64. The van der Waals surface area contributed by atoms with Crippen LogP contribution in [0.1, 0.15) is 60.3 Å². The van der Waals surface area contributed by atoms with Crippen molar-refractivity contribution in [3.05, 3.63) is 84.5 Å². The van der Waals surface area contributed by atoms with Crippen LogP contribution >= 0.6 is 0 Å². The smallest absolute Gasteiger partial charge is 0.261 e.